The number of aryl methyl sites for hydroxylation is 1. The van der Waals surface area contributed by atoms with Crippen molar-refractivity contribution in [1.29, 1.82) is 0 Å². The van der Waals surface area contributed by atoms with Gasteiger partial charge in [0.25, 0.3) is 0 Å². The number of urea groups is 1. The van der Waals surface area contributed by atoms with Gasteiger partial charge in [-0.05, 0) is 6.92 Å². The number of amides is 3. The van der Waals surface area contributed by atoms with Crippen molar-refractivity contribution in [3.63, 3.8) is 0 Å². The van der Waals surface area contributed by atoms with E-state index in [9.17, 15) is 9.59 Å². The van der Waals surface area contributed by atoms with E-state index in [4.69, 9.17) is 5.73 Å². The summed E-state index contributed by atoms with van der Waals surface area (Å²) in [5, 5.41) is 2.88. The molecule has 0 unspecified atom stereocenters. The molecule has 1 heterocycles. The van der Waals surface area contributed by atoms with Crippen LogP contribution in [-0.4, -0.2) is 27.2 Å². The van der Waals surface area contributed by atoms with E-state index in [0.29, 0.717) is 5.75 Å². The van der Waals surface area contributed by atoms with Crippen LogP contribution in [0, 0.1) is 0 Å². The van der Waals surface area contributed by atoms with Gasteiger partial charge in [0.2, 0.25) is 5.91 Å². The van der Waals surface area contributed by atoms with Crippen LogP contribution < -0.4 is 11.1 Å². The predicted molar refractivity (Wildman–Crippen MR) is 61.0 cm³/mol. The lowest BCUT2D eigenvalue weighted by atomic mass is 10.4. The minimum atomic E-state index is -0.815. The van der Waals surface area contributed by atoms with Gasteiger partial charge in [0, 0.05) is 31.1 Å². The molecular formula is C9H14N4O2S. The molecule has 0 fully saturated rings. The van der Waals surface area contributed by atoms with Crippen LogP contribution in [0.3, 0.4) is 0 Å². The molecule has 0 aliphatic heterocycles. The summed E-state index contributed by atoms with van der Waals surface area (Å²) >= 11 is 1.47. The number of nitrogens with zero attached hydrogens (tertiary/aromatic N) is 2. The average molecular weight is 242 g/mol. The predicted octanol–water partition coefficient (Wildman–Crippen LogP) is 0.580. The largest absolute Gasteiger partial charge is 0.351 e. The standard InChI is InChI=1S/C9H14N4O2S/c1-2-13-5-4-11-9(13)16-6-3-7(14)12-8(10)15/h4-5H,2-3,6H2,1H3,(H3,10,12,14,15). The number of thioether (sulfide) groups is 1. The first-order valence-electron chi connectivity index (χ1n) is 4.86. The van der Waals surface area contributed by atoms with E-state index in [-0.39, 0.29) is 12.3 Å². The fourth-order valence-corrected chi connectivity index (χ4v) is 2.07. The van der Waals surface area contributed by atoms with E-state index >= 15 is 0 Å². The number of rotatable bonds is 5. The highest BCUT2D eigenvalue weighted by Crippen LogP contribution is 2.16. The van der Waals surface area contributed by atoms with Crippen LogP contribution in [0.5, 0.6) is 0 Å². The lowest BCUT2D eigenvalue weighted by Gasteiger charge is -2.03. The van der Waals surface area contributed by atoms with Crippen LogP contribution >= 0.6 is 11.8 Å². The summed E-state index contributed by atoms with van der Waals surface area (Å²) < 4.78 is 1.98. The summed E-state index contributed by atoms with van der Waals surface area (Å²) in [7, 11) is 0. The number of primary amides is 1. The molecule has 1 aromatic rings. The maximum Gasteiger partial charge on any atom is 0.318 e. The molecule has 3 amide bonds. The second kappa shape index (κ2) is 6.16. The van der Waals surface area contributed by atoms with Gasteiger partial charge in [0.1, 0.15) is 0 Å². The number of carbonyl (C=O) groups is 2. The van der Waals surface area contributed by atoms with Gasteiger partial charge in [-0.3, -0.25) is 10.1 Å². The first-order chi connectivity index (χ1) is 7.63. The number of imidazole rings is 1. The smallest absolute Gasteiger partial charge is 0.318 e. The van der Waals surface area contributed by atoms with E-state index in [1.807, 2.05) is 23.0 Å². The second-order valence-corrected chi connectivity index (χ2v) is 4.07. The molecule has 0 aliphatic rings. The van der Waals surface area contributed by atoms with Gasteiger partial charge in [0.15, 0.2) is 5.16 Å². The number of aromatic nitrogens is 2. The third-order valence-electron chi connectivity index (χ3n) is 1.84. The maximum atomic E-state index is 11.1. The zero-order valence-corrected chi connectivity index (χ0v) is 9.79. The summed E-state index contributed by atoms with van der Waals surface area (Å²) in [5.74, 6) is 0.199. The number of nitrogens with one attached hydrogen (secondary N) is 1. The van der Waals surface area contributed by atoms with Crippen LogP contribution in [0.1, 0.15) is 13.3 Å². The highest BCUT2D eigenvalue weighted by molar-refractivity contribution is 7.99. The van der Waals surface area contributed by atoms with Crippen LogP contribution in [0.4, 0.5) is 4.79 Å². The third-order valence-corrected chi connectivity index (χ3v) is 2.85. The topological polar surface area (TPSA) is 90.0 Å². The molecule has 0 spiro atoms. The van der Waals surface area contributed by atoms with Gasteiger partial charge in [-0.2, -0.15) is 0 Å². The van der Waals surface area contributed by atoms with Gasteiger partial charge in [-0.25, -0.2) is 9.78 Å². The van der Waals surface area contributed by atoms with E-state index in [2.05, 4.69) is 4.98 Å². The Hall–Kier alpha value is -1.50. The number of carbonyl (C=O) groups excluding carboxylic acids is 2. The Labute approximate surface area is 97.6 Å². The quantitative estimate of drug-likeness (QED) is 0.739. The Morgan fingerprint density at radius 2 is 2.38 bits per heavy atom. The third kappa shape index (κ3) is 3.93. The molecule has 0 atom stereocenters. The number of imide groups is 1. The van der Waals surface area contributed by atoms with Crippen molar-refractivity contribution in [2.75, 3.05) is 5.75 Å². The molecule has 0 aliphatic carbocycles. The van der Waals surface area contributed by atoms with Gasteiger partial charge < -0.3 is 10.3 Å². The van der Waals surface area contributed by atoms with E-state index in [0.717, 1.165) is 11.7 Å². The highest BCUT2D eigenvalue weighted by Gasteiger charge is 2.06. The summed E-state index contributed by atoms with van der Waals surface area (Å²) in [6.07, 6.45) is 3.84. The molecule has 16 heavy (non-hydrogen) atoms. The summed E-state index contributed by atoms with van der Waals surface area (Å²) in [6, 6.07) is -0.815. The fourth-order valence-electron chi connectivity index (χ4n) is 1.11. The van der Waals surface area contributed by atoms with Crippen molar-refractivity contribution < 1.29 is 9.59 Å². The van der Waals surface area contributed by atoms with E-state index in [1.54, 1.807) is 6.20 Å². The average Bonchev–Trinajstić information content (AvgIpc) is 2.64. The van der Waals surface area contributed by atoms with Crippen molar-refractivity contribution in [3.05, 3.63) is 12.4 Å². The van der Waals surface area contributed by atoms with Gasteiger partial charge in [0.05, 0.1) is 0 Å². The molecule has 7 heteroatoms. The van der Waals surface area contributed by atoms with Crippen molar-refractivity contribution in [3.8, 4) is 0 Å². The lowest BCUT2D eigenvalue weighted by molar-refractivity contribution is -0.119. The number of nitrogens with two attached hydrogens (primary N) is 1. The molecule has 0 aromatic carbocycles. The van der Waals surface area contributed by atoms with Crippen LogP contribution in [0.2, 0.25) is 0 Å². The Morgan fingerprint density at radius 3 is 3.00 bits per heavy atom. The van der Waals surface area contributed by atoms with Crippen molar-refractivity contribution in [1.82, 2.24) is 14.9 Å². The first kappa shape index (κ1) is 12.6. The molecular weight excluding hydrogens is 228 g/mol. The minimum absolute atomic E-state index is 0.240. The monoisotopic (exact) mass is 242 g/mol. The SMILES string of the molecule is CCn1ccnc1SCCC(=O)NC(N)=O. The molecule has 88 valence electrons. The Kier molecular flexibility index (Phi) is 4.84. The fraction of sp³-hybridized carbons (Fsp3) is 0.444. The maximum absolute atomic E-state index is 11.1. The molecule has 3 N–H and O–H groups in total. The van der Waals surface area contributed by atoms with Gasteiger partial charge in [-0.15, -0.1) is 0 Å². The van der Waals surface area contributed by atoms with Crippen LogP contribution in [0.25, 0.3) is 0 Å². The number of hydrogen-bond donors (Lipinski definition) is 2. The summed E-state index contributed by atoms with van der Waals surface area (Å²) in [6.45, 7) is 2.86. The number of hydrogen-bond acceptors (Lipinski definition) is 4. The van der Waals surface area contributed by atoms with Crippen molar-refractivity contribution >= 4 is 23.7 Å². The Balaban J connectivity index is 2.30. The van der Waals surface area contributed by atoms with Gasteiger partial charge in [-0.1, -0.05) is 11.8 Å². The Bertz CT molecular complexity index is 377. The molecule has 6 nitrogen and oxygen atoms in total. The zero-order chi connectivity index (χ0) is 12.0. The van der Waals surface area contributed by atoms with E-state index < -0.39 is 6.03 Å². The van der Waals surface area contributed by atoms with Crippen molar-refractivity contribution in [2.24, 2.45) is 5.73 Å². The minimum Gasteiger partial charge on any atom is -0.351 e. The van der Waals surface area contributed by atoms with Crippen LogP contribution in [0.15, 0.2) is 17.6 Å². The van der Waals surface area contributed by atoms with Gasteiger partial charge >= 0.3 is 6.03 Å². The summed E-state index contributed by atoms with van der Waals surface area (Å²) in [5.41, 5.74) is 4.81. The molecule has 1 rings (SSSR count). The summed E-state index contributed by atoms with van der Waals surface area (Å²) in [4.78, 5) is 25.6. The molecule has 0 saturated heterocycles. The zero-order valence-electron chi connectivity index (χ0n) is 8.97. The van der Waals surface area contributed by atoms with Crippen molar-refractivity contribution in [2.45, 2.75) is 25.0 Å². The molecule has 0 radical (unpaired) electrons. The Morgan fingerprint density at radius 1 is 1.62 bits per heavy atom. The highest BCUT2D eigenvalue weighted by atomic mass is 32.2. The lowest BCUT2D eigenvalue weighted by Crippen LogP contribution is -2.35. The second-order valence-electron chi connectivity index (χ2n) is 3.01. The van der Waals surface area contributed by atoms with Crippen LogP contribution in [-0.2, 0) is 11.3 Å². The van der Waals surface area contributed by atoms with E-state index in [1.165, 1.54) is 11.8 Å². The normalized spacial score (nSPS) is 10.1. The molecule has 0 saturated carbocycles. The first-order valence-corrected chi connectivity index (χ1v) is 5.85. The molecule has 1 aromatic heterocycles. The molecule has 0 bridgehead atoms.